The van der Waals surface area contributed by atoms with Gasteiger partial charge in [0.15, 0.2) is 0 Å². The Balaban J connectivity index is 1.94. The molecule has 3 heteroatoms. The zero-order valence-corrected chi connectivity index (χ0v) is 10.2. The molecule has 0 radical (unpaired) electrons. The number of hydrogen-bond acceptors (Lipinski definition) is 2. The maximum absolute atomic E-state index is 9.17. The number of aliphatic hydroxyl groups is 1. The van der Waals surface area contributed by atoms with E-state index in [-0.39, 0.29) is 0 Å². The molecule has 1 unspecified atom stereocenters. The zero-order chi connectivity index (χ0) is 11.4. The molecule has 2 nitrogen and oxygen atoms in total. The van der Waals surface area contributed by atoms with Crippen molar-refractivity contribution in [3.63, 3.8) is 0 Å². The van der Waals surface area contributed by atoms with Gasteiger partial charge in [0.2, 0.25) is 0 Å². The maximum Gasteiger partial charge on any atom is 0.0471 e. The summed E-state index contributed by atoms with van der Waals surface area (Å²) < 4.78 is 0. The van der Waals surface area contributed by atoms with Crippen molar-refractivity contribution in [2.75, 3.05) is 19.7 Å². The Bertz CT molecular complexity index is 342. The van der Waals surface area contributed by atoms with Gasteiger partial charge in [-0.1, -0.05) is 23.7 Å². The molecule has 1 saturated heterocycles. The SMILES string of the molecule is OCC1CCCN(Cc2cccc(Cl)c2)C1. The summed E-state index contributed by atoms with van der Waals surface area (Å²) >= 11 is 5.96. The highest BCUT2D eigenvalue weighted by molar-refractivity contribution is 6.30. The normalized spacial score (nSPS) is 22.2. The summed E-state index contributed by atoms with van der Waals surface area (Å²) in [6.45, 7) is 3.38. The van der Waals surface area contributed by atoms with Crippen LogP contribution in [0, 0.1) is 5.92 Å². The summed E-state index contributed by atoms with van der Waals surface area (Å²) in [4.78, 5) is 2.40. The van der Waals surface area contributed by atoms with E-state index in [1.54, 1.807) is 0 Å². The van der Waals surface area contributed by atoms with Crippen LogP contribution in [0.5, 0.6) is 0 Å². The third-order valence-electron chi connectivity index (χ3n) is 3.16. The lowest BCUT2D eigenvalue weighted by Crippen LogP contribution is -2.36. The monoisotopic (exact) mass is 239 g/mol. The molecule has 1 N–H and O–H groups in total. The molecule has 16 heavy (non-hydrogen) atoms. The van der Waals surface area contributed by atoms with Gasteiger partial charge in [-0.3, -0.25) is 4.90 Å². The number of nitrogens with zero attached hydrogens (tertiary/aromatic N) is 1. The summed E-state index contributed by atoms with van der Waals surface area (Å²) in [5, 5.41) is 9.97. The second-order valence-corrected chi connectivity index (χ2v) is 4.99. The van der Waals surface area contributed by atoms with Crippen LogP contribution in [0.4, 0.5) is 0 Å². The maximum atomic E-state index is 9.17. The van der Waals surface area contributed by atoms with Gasteiger partial charge in [0.25, 0.3) is 0 Å². The zero-order valence-electron chi connectivity index (χ0n) is 9.40. The minimum Gasteiger partial charge on any atom is -0.396 e. The fraction of sp³-hybridized carbons (Fsp3) is 0.538. The summed E-state index contributed by atoms with van der Waals surface area (Å²) in [5.74, 6) is 0.452. The van der Waals surface area contributed by atoms with Crippen LogP contribution in [0.3, 0.4) is 0 Å². The highest BCUT2D eigenvalue weighted by Crippen LogP contribution is 2.19. The van der Waals surface area contributed by atoms with Crippen molar-refractivity contribution in [1.29, 1.82) is 0 Å². The van der Waals surface area contributed by atoms with E-state index in [1.807, 2.05) is 18.2 Å². The fourth-order valence-electron chi connectivity index (χ4n) is 2.34. The van der Waals surface area contributed by atoms with Crippen LogP contribution >= 0.6 is 11.6 Å². The first-order valence-corrected chi connectivity index (χ1v) is 6.23. The molecule has 0 amide bonds. The van der Waals surface area contributed by atoms with Crippen LogP contribution in [0.1, 0.15) is 18.4 Å². The molecule has 0 aliphatic carbocycles. The van der Waals surface area contributed by atoms with Crippen LogP contribution < -0.4 is 0 Å². The van der Waals surface area contributed by atoms with Gasteiger partial charge in [0.1, 0.15) is 0 Å². The van der Waals surface area contributed by atoms with Crippen molar-refractivity contribution in [2.24, 2.45) is 5.92 Å². The van der Waals surface area contributed by atoms with Gasteiger partial charge >= 0.3 is 0 Å². The van der Waals surface area contributed by atoms with Crippen LogP contribution in [0.2, 0.25) is 5.02 Å². The molecule has 88 valence electrons. The summed E-state index contributed by atoms with van der Waals surface area (Å²) in [7, 11) is 0. The van der Waals surface area contributed by atoms with Gasteiger partial charge in [-0.2, -0.15) is 0 Å². The average molecular weight is 240 g/mol. The topological polar surface area (TPSA) is 23.5 Å². The first-order chi connectivity index (χ1) is 7.78. The number of rotatable bonds is 3. The second-order valence-electron chi connectivity index (χ2n) is 4.56. The van der Waals surface area contributed by atoms with Crippen LogP contribution in [0.25, 0.3) is 0 Å². The van der Waals surface area contributed by atoms with Gasteiger partial charge in [-0.15, -0.1) is 0 Å². The lowest BCUT2D eigenvalue weighted by Gasteiger charge is -2.31. The van der Waals surface area contributed by atoms with Crippen LogP contribution in [-0.2, 0) is 6.54 Å². The Morgan fingerprint density at radius 3 is 3.06 bits per heavy atom. The van der Waals surface area contributed by atoms with E-state index in [1.165, 1.54) is 12.0 Å². The summed E-state index contributed by atoms with van der Waals surface area (Å²) in [6, 6.07) is 8.02. The third kappa shape index (κ3) is 3.21. The quantitative estimate of drug-likeness (QED) is 0.877. The lowest BCUT2D eigenvalue weighted by atomic mass is 9.98. The fourth-order valence-corrected chi connectivity index (χ4v) is 2.55. The molecule has 1 aromatic carbocycles. The van der Waals surface area contributed by atoms with Crippen molar-refractivity contribution in [3.05, 3.63) is 34.9 Å². The Hall–Kier alpha value is -0.570. The van der Waals surface area contributed by atoms with Crippen molar-refractivity contribution in [3.8, 4) is 0 Å². The number of benzene rings is 1. The van der Waals surface area contributed by atoms with E-state index in [0.717, 1.165) is 31.1 Å². The molecular formula is C13H18ClNO. The van der Waals surface area contributed by atoms with E-state index in [0.29, 0.717) is 12.5 Å². The van der Waals surface area contributed by atoms with Gasteiger partial charge in [-0.05, 0) is 43.0 Å². The van der Waals surface area contributed by atoms with E-state index >= 15 is 0 Å². The number of halogens is 1. The predicted molar refractivity (Wildman–Crippen MR) is 66.5 cm³/mol. The number of hydrogen-bond donors (Lipinski definition) is 1. The van der Waals surface area contributed by atoms with Crippen LogP contribution in [0.15, 0.2) is 24.3 Å². The van der Waals surface area contributed by atoms with Gasteiger partial charge in [0.05, 0.1) is 0 Å². The molecule has 0 aromatic heterocycles. The number of likely N-dealkylation sites (tertiary alicyclic amines) is 1. The van der Waals surface area contributed by atoms with Crippen molar-refractivity contribution in [2.45, 2.75) is 19.4 Å². The Morgan fingerprint density at radius 2 is 2.31 bits per heavy atom. The highest BCUT2D eigenvalue weighted by Gasteiger charge is 2.18. The number of piperidine rings is 1. The highest BCUT2D eigenvalue weighted by atomic mass is 35.5. The second kappa shape index (κ2) is 5.67. The third-order valence-corrected chi connectivity index (χ3v) is 3.39. The largest absolute Gasteiger partial charge is 0.396 e. The molecular weight excluding hydrogens is 222 g/mol. The average Bonchev–Trinajstić information content (AvgIpc) is 2.29. The Labute approximate surface area is 102 Å². The molecule has 1 fully saturated rings. The standard InChI is InChI=1S/C13H18ClNO/c14-13-5-1-3-11(7-13)8-15-6-2-4-12(9-15)10-16/h1,3,5,7,12,16H,2,4,6,8-10H2. The Kier molecular flexibility index (Phi) is 4.22. The van der Waals surface area contributed by atoms with Gasteiger partial charge < -0.3 is 5.11 Å². The first kappa shape index (κ1) is 11.9. The van der Waals surface area contributed by atoms with Gasteiger partial charge in [0, 0.05) is 24.7 Å². The molecule has 1 aliphatic rings. The summed E-state index contributed by atoms with van der Waals surface area (Å²) in [5.41, 5.74) is 1.26. The molecule has 2 rings (SSSR count). The van der Waals surface area contributed by atoms with Crippen molar-refractivity contribution < 1.29 is 5.11 Å². The van der Waals surface area contributed by atoms with Crippen molar-refractivity contribution >= 4 is 11.6 Å². The van der Waals surface area contributed by atoms with E-state index in [4.69, 9.17) is 11.6 Å². The molecule has 1 atom stereocenters. The Morgan fingerprint density at radius 1 is 1.44 bits per heavy atom. The van der Waals surface area contributed by atoms with E-state index in [9.17, 15) is 5.11 Å². The van der Waals surface area contributed by atoms with Crippen LogP contribution in [-0.4, -0.2) is 29.7 Å². The van der Waals surface area contributed by atoms with E-state index < -0.39 is 0 Å². The smallest absolute Gasteiger partial charge is 0.0471 e. The van der Waals surface area contributed by atoms with E-state index in [2.05, 4.69) is 11.0 Å². The minimum absolute atomic E-state index is 0.312. The van der Waals surface area contributed by atoms with Gasteiger partial charge in [-0.25, -0.2) is 0 Å². The molecule has 0 saturated carbocycles. The molecule has 1 aliphatic heterocycles. The predicted octanol–water partition coefficient (Wildman–Crippen LogP) is 2.54. The first-order valence-electron chi connectivity index (χ1n) is 5.85. The molecule has 1 aromatic rings. The molecule has 1 heterocycles. The lowest BCUT2D eigenvalue weighted by molar-refractivity contribution is 0.116. The van der Waals surface area contributed by atoms with Crippen molar-refractivity contribution in [1.82, 2.24) is 4.90 Å². The minimum atomic E-state index is 0.312. The summed E-state index contributed by atoms with van der Waals surface area (Å²) in [6.07, 6.45) is 2.34. The molecule has 0 spiro atoms. The number of aliphatic hydroxyl groups excluding tert-OH is 1. The molecule has 0 bridgehead atoms.